The quantitative estimate of drug-likeness (QED) is 0.579. The van der Waals surface area contributed by atoms with Gasteiger partial charge in [-0.05, 0) is 83.7 Å². The average Bonchev–Trinajstić information content (AvgIpc) is 3.06. The highest BCUT2D eigenvalue weighted by atomic mass is 16.3. The Morgan fingerprint density at radius 3 is 2.47 bits per heavy atom. The molecule has 2 aromatic heterocycles. The van der Waals surface area contributed by atoms with Crippen molar-refractivity contribution in [1.82, 2.24) is 25.3 Å². The van der Waals surface area contributed by atoms with E-state index in [1.165, 1.54) is 0 Å². The minimum atomic E-state index is 0.0402. The molecular formula is C26H33N5O. The Kier molecular flexibility index (Phi) is 5.67. The standard InChI is InChI=1S/C26H33N5O/c1-17(22-10-9-19(13-24(22)32)20-8-7-11-27-16-20)12-23-18(2)31(30-28-23)21-14-25(3,4)29-26(5,6)15-21/h7-13,16,21,29,32H,14-15H2,1-6H3/b17-12+. The monoisotopic (exact) mass is 431 g/mol. The molecule has 0 atom stereocenters. The number of phenols is 1. The minimum Gasteiger partial charge on any atom is -0.507 e. The van der Waals surface area contributed by atoms with Gasteiger partial charge in [0.2, 0.25) is 0 Å². The molecule has 32 heavy (non-hydrogen) atoms. The molecule has 0 bridgehead atoms. The number of hydrogen-bond acceptors (Lipinski definition) is 5. The number of pyridine rings is 1. The van der Waals surface area contributed by atoms with Gasteiger partial charge in [0, 0.05) is 34.6 Å². The molecule has 6 heteroatoms. The molecule has 3 aromatic rings. The van der Waals surface area contributed by atoms with Gasteiger partial charge in [0.1, 0.15) is 11.4 Å². The van der Waals surface area contributed by atoms with E-state index in [1.807, 2.05) is 37.3 Å². The second-order valence-corrected chi connectivity index (χ2v) is 10.3. The van der Waals surface area contributed by atoms with E-state index < -0.39 is 0 Å². The van der Waals surface area contributed by atoms with Gasteiger partial charge < -0.3 is 10.4 Å². The Balaban J connectivity index is 1.61. The second kappa shape index (κ2) is 8.17. The SMILES string of the molecule is C/C(=C\c1nnn(C2CC(C)(C)NC(C)(C)C2)c1C)c1ccc(-c2cccnc2)cc1O. The van der Waals surface area contributed by atoms with Gasteiger partial charge in [-0.1, -0.05) is 23.4 Å². The number of nitrogens with one attached hydrogen (secondary N) is 1. The van der Waals surface area contributed by atoms with Crippen LogP contribution in [-0.2, 0) is 0 Å². The number of nitrogens with zero attached hydrogens (tertiary/aromatic N) is 4. The van der Waals surface area contributed by atoms with Crippen LogP contribution < -0.4 is 5.32 Å². The van der Waals surface area contributed by atoms with E-state index in [4.69, 9.17) is 0 Å². The largest absolute Gasteiger partial charge is 0.507 e. The summed E-state index contributed by atoms with van der Waals surface area (Å²) in [6.07, 6.45) is 7.54. The zero-order valence-corrected chi connectivity index (χ0v) is 19.8. The molecule has 0 unspecified atom stereocenters. The van der Waals surface area contributed by atoms with Crippen LogP contribution in [0.1, 0.15) is 70.5 Å². The molecule has 1 aromatic carbocycles. The van der Waals surface area contributed by atoms with Crippen molar-refractivity contribution in [2.45, 2.75) is 71.5 Å². The molecule has 2 N–H and O–H groups in total. The Morgan fingerprint density at radius 2 is 1.84 bits per heavy atom. The van der Waals surface area contributed by atoms with Gasteiger partial charge >= 0.3 is 0 Å². The van der Waals surface area contributed by atoms with Crippen LogP contribution in [0.15, 0.2) is 42.7 Å². The molecule has 0 amide bonds. The Bertz CT molecular complexity index is 1130. The predicted molar refractivity (Wildman–Crippen MR) is 129 cm³/mol. The number of rotatable bonds is 4. The molecule has 3 heterocycles. The first-order valence-electron chi connectivity index (χ1n) is 11.2. The Labute approximate surface area is 190 Å². The number of aromatic nitrogens is 4. The Hall–Kier alpha value is -2.99. The fourth-order valence-corrected chi connectivity index (χ4v) is 5.14. The van der Waals surface area contributed by atoms with Crippen LogP contribution >= 0.6 is 0 Å². The maximum atomic E-state index is 10.7. The van der Waals surface area contributed by atoms with Crippen molar-refractivity contribution in [3.05, 3.63) is 59.7 Å². The van der Waals surface area contributed by atoms with Crippen molar-refractivity contribution in [1.29, 1.82) is 0 Å². The zero-order valence-electron chi connectivity index (χ0n) is 19.8. The molecule has 0 radical (unpaired) electrons. The Morgan fingerprint density at radius 1 is 1.12 bits per heavy atom. The van der Waals surface area contributed by atoms with E-state index in [-0.39, 0.29) is 16.8 Å². The molecule has 0 aliphatic carbocycles. The summed E-state index contributed by atoms with van der Waals surface area (Å²) in [5.74, 6) is 0.243. The predicted octanol–water partition coefficient (Wildman–Crippen LogP) is 5.40. The second-order valence-electron chi connectivity index (χ2n) is 10.3. The number of phenolic OH excluding ortho intramolecular Hbond substituents is 1. The van der Waals surface area contributed by atoms with Gasteiger partial charge in [-0.2, -0.15) is 0 Å². The van der Waals surface area contributed by atoms with Gasteiger partial charge in [-0.3, -0.25) is 4.98 Å². The van der Waals surface area contributed by atoms with Crippen LogP contribution in [0.25, 0.3) is 22.8 Å². The summed E-state index contributed by atoms with van der Waals surface area (Å²) in [5.41, 5.74) is 5.61. The lowest BCUT2D eigenvalue weighted by molar-refractivity contribution is 0.124. The minimum absolute atomic E-state index is 0.0402. The van der Waals surface area contributed by atoms with Crippen molar-refractivity contribution >= 4 is 11.6 Å². The smallest absolute Gasteiger partial charge is 0.123 e. The summed E-state index contributed by atoms with van der Waals surface area (Å²) in [6, 6.07) is 9.90. The number of aromatic hydroxyl groups is 1. The van der Waals surface area contributed by atoms with Crippen LogP contribution in [0.4, 0.5) is 0 Å². The molecule has 1 aliphatic rings. The van der Waals surface area contributed by atoms with Gasteiger partial charge in [-0.25, -0.2) is 4.68 Å². The third-order valence-electron chi connectivity index (χ3n) is 6.25. The normalized spacial score (nSPS) is 18.6. The number of hydrogen-bond donors (Lipinski definition) is 2. The van der Waals surface area contributed by atoms with Gasteiger partial charge in [0.15, 0.2) is 0 Å². The first kappa shape index (κ1) is 22.2. The van der Waals surface area contributed by atoms with Crippen molar-refractivity contribution in [3.63, 3.8) is 0 Å². The molecule has 4 rings (SSSR count). The first-order valence-corrected chi connectivity index (χ1v) is 11.2. The highest BCUT2D eigenvalue weighted by Gasteiger charge is 2.39. The lowest BCUT2D eigenvalue weighted by Crippen LogP contribution is -2.58. The summed E-state index contributed by atoms with van der Waals surface area (Å²) < 4.78 is 2.08. The van der Waals surface area contributed by atoms with Gasteiger partial charge in [0.05, 0.1) is 11.7 Å². The maximum Gasteiger partial charge on any atom is 0.123 e. The topological polar surface area (TPSA) is 75.9 Å². The molecule has 1 saturated heterocycles. The summed E-state index contributed by atoms with van der Waals surface area (Å²) in [7, 11) is 0. The van der Waals surface area contributed by atoms with Crippen LogP contribution in [0.2, 0.25) is 0 Å². The maximum absolute atomic E-state index is 10.7. The molecule has 168 valence electrons. The van der Waals surface area contributed by atoms with Crippen LogP contribution in [0.5, 0.6) is 5.75 Å². The first-order chi connectivity index (χ1) is 15.0. The molecule has 1 aliphatic heterocycles. The van der Waals surface area contributed by atoms with Crippen LogP contribution in [0, 0.1) is 6.92 Å². The molecule has 0 saturated carbocycles. The summed E-state index contributed by atoms with van der Waals surface area (Å²) >= 11 is 0. The van der Waals surface area contributed by atoms with Crippen molar-refractivity contribution < 1.29 is 5.11 Å². The summed E-state index contributed by atoms with van der Waals surface area (Å²) in [4.78, 5) is 4.16. The highest BCUT2D eigenvalue weighted by Crippen LogP contribution is 2.37. The van der Waals surface area contributed by atoms with Gasteiger partial charge in [0.25, 0.3) is 0 Å². The highest BCUT2D eigenvalue weighted by molar-refractivity contribution is 5.83. The molecule has 0 spiro atoms. The lowest BCUT2D eigenvalue weighted by atomic mass is 9.79. The van der Waals surface area contributed by atoms with E-state index >= 15 is 0 Å². The number of benzene rings is 1. The van der Waals surface area contributed by atoms with Crippen LogP contribution in [-0.4, -0.2) is 36.2 Å². The average molecular weight is 432 g/mol. The molecular weight excluding hydrogens is 398 g/mol. The van der Waals surface area contributed by atoms with Crippen molar-refractivity contribution in [3.8, 4) is 16.9 Å². The van der Waals surface area contributed by atoms with E-state index in [9.17, 15) is 5.11 Å². The van der Waals surface area contributed by atoms with Crippen molar-refractivity contribution in [2.75, 3.05) is 0 Å². The van der Waals surface area contributed by atoms with E-state index in [0.29, 0.717) is 6.04 Å². The lowest BCUT2D eigenvalue weighted by Gasteiger charge is -2.46. The molecule has 6 nitrogen and oxygen atoms in total. The fraction of sp³-hybridized carbons (Fsp3) is 0.423. The third-order valence-corrected chi connectivity index (χ3v) is 6.25. The van der Waals surface area contributed by atoms with Crippen molar-refractivity contribution in [2.24, 2.45) is 0 Å². The van der Waals surface area contributed by atoms with Crippen LogP contribution in [0.3, 0.4) is 0 Å². The number of piperidine rings is 1. The van der Waals surface area contributed by atoms with E-state index in [1.54, 1.807) is 18.5 Å². The van der Waals surface area contributed by atoms with E-state index in [2.05, 4.69) is 59.9 Å². The summed E-state index contributed by atoms with van der Waals surface area (Å²) in [5, 5.41) is 23.4. The third kappa shape index (κ3) is 4.60. The summed E-state index contributed by atoms with van der Waals surface area (Å²) in [6.45, 7) is 13.1. The molecule has 1 fully saturated rings. The van der Waals surface area contributed by atoms with E-state index in [0.717, 1.165) is 46.5 Å². The zero-order chi connectivity index (χ0) is 23.1. The number of allylic oxidation sites excluding steroid dienone is 1. The fourth-order valence-electron chi connectivity index (χ4n) is 5.14. The van der Waals surface area contributed by atoms with Gasteiger partial charge in [-0.15, -0.1) is 5.10 Å².